The van der Waals surface area contributed by atoms with Crippen molar-refractivity contribution < 1.29 is 4.79 Å². The van der Waals surface area contributed by atoms with E-state index in [0.717, 1.165) is 12.8 Å². The highest BCUT2D eigenvalue weighted by Gasteiger charge is 2.13. The molecule has 0 atom stereocenters. The van der Waals surface area contributed by atoms with Gasteiger partial charge in [-0.05, 0) is 12.8 Å². The Morgan fingerprint density at radius 3 is 2.27 bits per heavy atom. The highest BCUT2D eigenvalue weighted by atomic mass is 35.5. The summed E-state index contributed by atoms with van der Waals surface area (Å²) in [6.07, 6.45) is 6.08. The molecule has 4 heteroatoms. The van der Waals surface area contributed by atoms with E-state index in [1.807, 2.05) is 0 Å². The Morgan fingerprint density at radius 1 is 1.27 bits per heavy atom. The van der Waals surface area contributed by atoms with Crippen molar-refractivity contribution in [3.63, 3.8) is 0 Å². The van der Waals surface area contributed by atoms with Crippen LogP contribution >= 0.6 is 25.0 Å². The number of nitrogens with one attached hydrogen (secondary N) is 1. The first-order valence-electron chi connectivity index (χ1n) is 3.78. The van der Waals surface area contributed by atoms with Crippen molar-refractivity contribution in [1.29, 1.82) is 0 Å². The minimum Gasteiger partial charge on any atom is -0.344 e. The topological polar surface area (TPSA) is 29.1 Å². The molecule has 1 fully saturated rings. The molecule has 0 bridgehead atoms. The number of hydrogen-bond acceptors (Lipinski definition) is 1. The zero-order valence-corrected chi connectivity index (χ0v) is 8.09. The molecule has 0 heterocycles. The SMILES string of the molecule is Cl.O=C(S)NC1CCCCC1. The smallest absolute Gasteiger partial charge is 0.276 e. The third kappa shape index (κ3) is 4.53. The van der Waals surface area contributed by atoms with Gasteiger partial charge in [0.25, 0.3) is 5.24 Å². The summed E-state index contributed by atoms with van der Waals surface area (Å²) in [6.45, 7) is 0. The standard InChI is InChI=1S/C7H13NOS.ClH/c9-7(10)8-6-4-2-1-3-5-6;/h6H,1-5H2,(H2,8,9,10);1H. The lowest BCUT2D eigenvalue weighted by Crippen LogP contribution is -2.32. The molecule has 66 valence electrons. The quantitative estimate of drug-likeness (QED) is 0.619. The van der Waals surface area contributed by atoms with E-state index >= 15 is 0 Å². The lowest BCUT2D eigenvalue weighted by atomic mass is 9.96. The molecular formula is C7H14ClNOS. The van der Waals surface area contributed by atoms with Crippen molar-refractivity contribution in [3.8, 4) is 0 Å². The van der Waals surface area contributed by atoms with Gasteiger partial charge in [0.15, 0.2) is 0 Å². The van der Waals surface area contributed by atoms with Gasteiger partial charge in [0.05, 0.1) is 0 Å². The Kier molecular flexibility index (Phi) is 5.78. The summed E-state index contributed by atoms with van der Waals surface area (Å²) < 4.78 is 0. The van der Waals surface area contributed by atoms with E-state index < -0.39 is 0 Å². The molecule has 1 aliphatic rings. The molecule has 1 aliphatic carbocycles. The number of thiol groups is 1. The molecule has 0 aliphatic heterocycles. The fourth-order valence-corrected chi connectivity index (χ4v) is 1.60. The summed E-state index contributed by atoms with van der Waals surface area (Å²) in [5.41, 5.74) is 0. The molecule has 1 saturated carbocycles. The monoisotopic (exact) mass is 195 g/mol. The zero-order chi connectivity index (χ0) is 7.40. The van der Waals surface area contributed by atoms with Gasteiger partial charge in [0.2, 0.25) is 0 Å². The van der Waals surface area contributed by atoms with E-state index in [2.05, 4.69) is 17.9 Å². The van der Waals surface area contributed by atoms with Crippen LogP contribution in [-0.2, 0) is 0 Å². The molecule has 0 aromatic rings. The van der Waals surface area contributed by atoms with Gasteiger partial charge in [0, 0.05) is 6.04 Å². The van der Waals surface area contributed by atoms with Crippen LogP contribution in [0.2, 0.25) is 0 Å². The van der Waals surface area contributed by atoms with E-state index in [9.17, 15) is 4.79 Å². The summed E-state index contributed by atoms with van der Waals surface area (Å²) in [6, 6.07) is 0.402. The second-order valence-corrected chi connectivity index (χ2v) is 3.19. The predicted molar refractivity (Wildman–Crippen MR) is 51.6 cm³/mol. The molecule has 1 amide bonds. The minimum atomic E-state index is -0.188. The third-order valence-corrected chi connectivity index (χ3v) is 2.06. The number of carbonyl (C=O) groups is 1. The first-order valence-corrected chi connectivity index (χ1v) is 4.23. The lowest BCUT2D eigenvalue weighted by Gasteiger charge is -2.21. The second-order valence-electron chi connectivity index (χ2n) is 2.78. The molecular weight excluding hydrogens is 182 g/mol. The van der Waals surface area contributed by atoms with Gasteiger partial charge in [-0.2, -0.15) is 0 Å². The second kappa shape index (κ2) is 5.72. The van der Waals surface area contributed by atoms with Crippen LogP contribution in [0.1, 0.15) is 32.1 Å². The van der Waals surface area contributed by atoms with Crippen LogP contribution in [0.15, 0.2) is 0 Å². The molecule has 2 nitrogen and oxygen atoms in total. The summed E-state index contributed by atoms with van der Waals surface area (Å²) in [5.74, 6) is 0. The molecule has 11 heavy (non-hydrogen) atoms. The van der Waals surface area contributed by atoms with Crippen molar-refractivity contribution in [2.45, 2.75) is 38.1 Å². The fourth-order valence-electron chi connectivity index (χ4n) is 1.42. The van der Waals surface area contributed by atoms with Crippen LogP contribution in [0.5, 0.6) is 0 Å². The Labute approximate surface area is 78.9 Å². The van der Waals surface area contributed by atoms with Crippen molar-refractivity contribution in [1.82, 2.24) is 5.32 Å². The van der Waals surface area contributed by atoms with Gasteiger partial charge >= 0.3 is 0 Å². The van der Waals surface area contributed by atoms with Crippen LogP contribution in [0, 0.1) is 0 Å². The largest absolute Gasteiger partial charge is 0.344 e. The van der Waals surface area contributed by atoms with E-state index in [-0.39, 0.29) is 17.6 Å². The van der Waals surface area contributed by atoms with Crippen molar-refractivity contribution >= 4 is 30.3 Å². The molecule has 1 N–H and O–H groups in total. The first kappa shape index (κ1) is 11.1. The number of hydrogen-bond donors (Lipinski definition) is 2. The molecule has 0 radical (unpaired) electrons. The van der Waals surface area contributed by atoms with Crippen LogP contribution in [0.3, 0.4) is 0 Å². The molecule has 0 aromatic carbocycles. The summed E-state index contributed by atoms with van der Waals surface area (Å²) in [4.78, 5) is 10.5. The molecule has 0 spiro atoms. The van der Waals surface area contributed by atoms with E-state index in [4.69, 9.17) is 0 Å². The molecule has 0 unspecified atom stereocenters. The van der Waals surface area contributed by atoms with Crippen molar-refractivity contribution in [2.75, 3.05) is 0 Å². The van der Waals surface area contributed by atoms with Crippen LogP contribution in [0.25, 0.3) is 0 Å². The van der Waals surface area contributed by atoms with E-state index in [1.54, 1.807) is 0 Å². The maximum absolute atomic E-state index is 10.5. The summed E-state index contributed by atoms with van der Waals surface area (Å²) in [5, 5.41) is 2.62. The highest BCUT2D eigenvalue weighted by Crippen LogP contribution is 2.17. The first-order chi connectivity index (χ1) is 4.79. The number of halogens is 1. The van der Waals surface area contributed by atoms with Crippen molar-refractivity contribution in [3.05, 3.63) is 0 Å². The lowest BCUT2D eigenvalue weighted by molar-refractivity contribution is 0.253. The van der Waals surface area contributed by atoms with Crippen molar-refractivity contribution in [2.24, 2.45) is 0 Å². The average Bonchev–Trinajstić information content (AvgIpc) is 1.88. The maximum Gasteiger partial charge on any atom is 0.276 e. The fraction of sp³-hybridized carbons (Fsp3) is 0.857. The van der Waals surface area contributed by atoms with Crippen LogP contribution < -0.4 is 5.32 Å². The Bertz CT molecular complexity index is 126. The van der Waals surface area contributed by atoms with Crippen LogP contribution in [0.4, 0.5) is 4.79 Å². The molecule has 0 aromatic heterocycles. The number of rotatable bonds is 1. The normalized spacial score (nSPS) is 18.6. The summed E-state index contributed by atoms with van der Waals surface area (Å²) >= 11 is 3.66. The van der Waals surface area contributed by atoms with Gasteiger partial charge in [-0.25, -0.2) is 0 Å². The minimum absolute atomic E-state index is 0. The average molecular weight is 196 g/mol. The number of carbonyl (C=O) groups excluding carboxylic acids is 1. The molecule has 0 saturated heterocycles. The van der Waals surface area contributed by atoms with E-state index in [1.165, 1.54) is 19.3 Å². The number of amides is 1. The Balaban J connectivity index is 0.000001000. The van der Waals surface area contributed by atoms with E-state index in [0.29, 0.717) is 6.04 Å². The molecule has 1 rings (SSSR count). The van der Waals surface area contributed by atoms with Gasteiger partial charge in [-0.15, -0.1) is 12.4 Å². The van der Waals surface area contributed by atoms with Gasteiger partial charge < -0.3 is 5.32 Å². The van der Waals surface area contributed by atoms with Gasteiger partial charge in [0.1, 0.15) is 0 Å². The predicted octanol–water partition coefficient (Wildman–Crippen LogP) is 2.38. The summed E-state index contributed by atoms with van der Waals surface area (Å²) in [7, 11) is 0. The zero-order valence-electron chi connectivity index (χ0n) is 6.38. The highest BCUT2D eigenvalue weighted by molar-refractivity contribution is 7.96. The Morgan fingerprint density at radius 2 is 1.82 bits per heavy atom. The Hall–Kier alpha value is 0.110. The van der Waals surface area contributed by atoms with Gasteiger partial charge in [-0.1, -0.05) is 31.9 Å². The maximum atomic E-state index is 10.5. The van der Waals surface area contributed by atoms with Gasteiger partial charge in [-0.3, -0.25) is 4.79 Å². The van der Waals surface area contributed by atoms with Crippen LogP contribution in [-0.4, -0.2) is 11.3 Å². The third-order valence-electron chi connectivity index (χ3n) is 1.93.